The molecule has 1 aliphatic rings. The van der Waals surface area contributed by atoms with Gasteiger partial charge in [-0.1, -0.05) is 140 Å². The molecule has 0 saturated carbocycles. The molecule has 0 saturated heterocycles. The van der Waals surface area contributed by atoms with Gasteiger partial charge in [-0.3, -0.25) is 0 Å². The van der Waals surface area contributed by atoms with E-state index in [4.69, 9.17) is 0 Å². The van der Waals surface area contributed by atoms with E-state index in [1.54, 1.807) is 0 Å². The molecule has 0 radical (unpaired) electrons. The molecule has 0 amide bonds. The highest BCUT2D eigenvalue weighted by Gasteiger charge is 2.21. The van der Waals surface area contributed by atoms with Crippen molar-refractivity contribution < 1.29 is 0 Å². The van der Waals surface area contributed by atoms with Gasteiger partial charge in [0, 0.05) is 43.1 Å². The number of fused-ring (bicyclic) bond motifs is 6. The van der Waals surface area contributed by atoms with Crippen molar-refractivity contribution in [1.82, 2.24) is 9.13 Å². The van der Waals surface area contributed by atoms with Gasteiger partial charge in [-0.25, -0.2) is 0 Å². The maximum absolute atomic E-state index is 2.42. The molecule has 0 fully saturated rings. The van der Waals surface area contributed by atoms with Gasteiger partial charge in [0.2, 0.25) is 0 Å². The van der Waals surface area contributed by atoms with E-state index in [2.05, 4.69) is 209 Å². The van der Waals surface area contributed by atoms with E-state index >= 15 is 0 Å². The molecule has 3 heterocycles. The third kappa shape index (κ3) is 5.42. The van der Waals surface area contributed by atoms with E-state index in [0.29, 0.717) is 5.25 Å². The van der Waals surface area contributed by atoms with Crippen molar-refractivity contribution in [2.75, 3.05) is 0 Å². The number of aromatic nitrogens is 2. The van der Waals surface area contributed by atoms with Gasteiger partial charge in [-0.2, -0.15) is 0 Å². The monoisotopic (exact) mass is 720 g/mol. The highest BCUT2D eigenvalue weighted by molar-refractivity contribution is 8.08. The van der Waals surface area contributed by atoms with Crippen LogP contribution in [0, 0.1) is 0 Å². The lowest BCUT2D eigenvalue weighted by molar-refractivity contribution is 0.991. The van der Waals surface area contributed by atoms with Crippen LogP contribution in [0.15, 0.2) is 200 Å². The van der Waals surface area contributed by atoms with Crippen molar-refractivity contribution in [1.29, 1.82) is 0 Å². The SMILES string of the molecule is C1=C(c2ccc(-c3ccc4c(c3)c3ccccc3n4-c3ccccc3)cc2)SC(c2ccc(-c3ccc4c(c3)c3ccccc3n4-c3ccccc3)cc2)C1. The number of rotatable bonds is 6. The van der Waals surface area contributed by atoms with Gasteiger partial charge in [-0.05, 0) is 100 Å². The highest BCUT2D eigenvalue weighted by Crippen LogP contribution is 2.49. The lowest BCUT2D eigenvalue weighted by Gasteiger charge is -2.12. The van der Waals surface area contributed by atoms with Crippen LogP contribution in [0.3, 0.4) is 0 Å². The van der Waals surface area contributed by atoms with Gasteiger partial charge >= 0.3 is 0 Å². The van der Waals surface area contributed by atoms with Crippen LogP contribution >= 0.6 is 11.8 Å². The van der Waals surface area contributed by atoms with E-state index in [0.717, 1.165) is 6.42 Å². The molecule has 2 nitrogen and oxygen atoms in total. The Bertz CT molecular complexity index is 3060. The smallest absolute Gasteiger partial charge is 0.0541 e. The summed E-state index contributed by atoms with van der Waals surface area (Å²) < 4.78 is 4.75. The first-order valence-corrected chi connectivity index (χ1v) is 19.9. The van der Waals surface area contributed by atoms with E-state index in [-0.39, 0.29) is 0 Å². The molecule has 11 rings (SSSR count). The molecule has 0 N–H and O–H groups in total. The summed E-state index contributed by atoms with van der Waals surface area (Å²) in [6.45, 7) is 0. The van der Waals surface area contributed by atoms with Gasteiger partial charge in [-0.15, -0.1) is 11.8 Å². The molecular weight excluding hydrogens is 685 g/mol. The minimum absolute atomic E-state index is 0.416. The predicted octanol–water partition coefficient (Wildman–Crippen LogP) is 14.4. The first-order chi connectivity index (χ1) is 27.3. The molecule has 55 heavy (non-hydrogen) atoms. The average Bonchev–Trinajstić information content (AvgIpc) is 3.97. The van der Waals surface area contributed by atoms with Crippen molar-refractivity contribution in [3.63, 3.8) is 0 Å². The maximum Gasteiger partial charge on any atom is 0.0541 e. The van der Waals surface area contributed by atoms with Crippen molar-refractivity contribution >= 4 is 60.3 Å². The summed E-state index contributed by atoms with van der Waals surface area (Å²) in [7, 11) is 0. The molecule has 3 heteroatoms. The lowest BCUT2D eigenvalue weighted by Crippen LogP contribution is -1.93. The van der Waals surface area contributed by atoms with Crippen molar-refractivity contribution in [2.24, 2.45) is 0 Å². The molecule has 8 aromatic carbocycles. The summed E-state index contributed by atoms with van der Waals surface area (Å²) in [6, 6.07) is 71.0. The second-order valence-corrected chi connectivity index (χ2v) is 15.7. The summed E-state index contributed by atoms with van der Waals surface area (Å²) in [5.41, 5.74) is 14.9. The Morgan fingerprint density at radius 3 is 1.31 bits per heavy atom. The van der Waals surface area contributed by atoms with Crippen LogP contribution in [0.2, 0.25) is 0 Å². The van der Waals surface area contributed by atoms with Crippen LogP contribution in [-0.4, -0.2) is 9.13 Å². The Kier molecular flexibility index (Phi) is 7.60. The zero-order chi connectivity index (χ0) is 36.3. The topological polar surface area (TPSA) is 9.86 Å². The molecule has 1 unspecified atom stereocenters. The normalized spacial score (nSPS) is 14.3. The zero-order valence-corrected chi connectivity index (χ0v) is 31.0. The van der Waals surface area contributed by atoms with Gasteiger partial charge < -0.3 is 9.13 Å². The second kappa shape index (κ2) is 13.1. The fourth-order valence-corrected chi connectivity index (χ4v) is 9.84. The van der Waals surface area contributed by atoms with Crippen LogP contribution in [0.5, 0.6) is 0 Å². The first kappa shape index (κ1) is 31.9. The van der Waals surface area contributed by atoms with E-state index < -0.39 is 0 Å². The van der Waals surface area contributed by atoms with Gasteiger partial charge in [0.15, 0.2) is 0 Å². The van der Waals surface area contributed by atoms with E-state index in [1.807, 2.05) is 11.8 Å². The summed E-state index contributed by atoms with van der Waals surface area (Å²) in [6.07, 6.45) is 3.45. The Balaban J connectivity index is 0.829. The Morgan fingerprint density at radius 2 is 0.782 bits per heavy atom. The molecule has 10 aromatic rings. The predicted molar refractivity (Wildman–Crippen MR) is 235 cm³/mol. The summed E-state index contributed by atoms with van der Waals surface area (Å²) in [5.74, 6) is 0. The van der Waals surface area contributed by atoms with Crippen LogP contribution in [0.1, 0.15) is 22.8 Å². The van der Waals surface area contributed by atoms with Crippen molar-refractivity contribution in [3.8, 4) is 33.6 Å². The van der Waals surface area contributed by atoms with Crippen molar-refractivity contribution in [2.45, 2.75) is 11.7 Å². The molecule has 0 spiro atoms. The standard InChI is InChI=1S/C52H36N2S/c1-3-11-41(12-4-1)53-47-17-9-7-15-43(47)45-33-39(27-29-49(45)53)35-19-23-37(24-20-35)51-31-32-52(55-51)38-25-21-36(22-26-38)40-28-30-50-46(34-40)44-16-8-10-18-48(44)54(50)42-13-5-2-6-14-42/h1-31,33-34,52H,32H2. The number of hydrogen-bond donors (Lipinski definition) is 0. The minimum Gasteiger partial charge on any atom is -0.309 e. The minimum atomic E-state index is 0.416. The summed E-state index contributed by atoms with van der Waals surface area (Å²) in [4.78, 5) is 1.36. The average molecular weight is 721 g/mol. The maximum atomic E-state index is 2.42. The molecule has 0 bridgehead atoms. The molecule has 2 aromatic heterocycles. The second-order valence-electron chi connectivity index (χ2n) is 14.5. The quantitative estimate of drug-likeness (QED) is 0.166. The number of nitrogens with zero attached hydrogens (tertiary/aromatic N) is 2. The third-order valence-electron chi connectivity index (χ3n) is 11.3. The lowest BCUT2D eigenvalue weighted by atomic mass is 10.00. The number of allylic oxidation sites excluding steroid dienone is 1. The van der Waals surface area contributed by atoms with Crippen LogP contribution in [0.4, 0.5) is 0 Å². The Hall–Kier alpha value is -6.55. The number of benzene rings is 8. The van der Waals surface area contributed by atoms with Crippen molar-refractivity contribution in [3.05, 3.63) is 211 Å². The number of para-hydroxylation sites is 4. The number of thioether (sulfide) groups is 1. The van der Waals surface area contributed by atoms with Crippen LogP contribution in [-0.2, 0) is 0 Å². The number of hydrogen-bond acceptors (Lipinski definition) is 1. The summed E-state index contributed by atoms with van der Waals surface area (Å²) in [5, 5.41) is 5.53. The third-order valence-corrected chi connectivity index (χ3v) is 12.7. The molecule has 1 atom stereocenters. The fourth-order valence-electron chi connectivity index (χ4n) is 8.59. The largest absolute Gasteiger partial charge is 0.309 e. The fraction of sp³-hybridized carbons (Fsp3) is 0.0385. The van der Waals surface area contributed by atoms with Crippen LogP contribution < -0.4 is 0 Å². The van der Waals surface area contributed by atoms with Gasteiger partial charge in [0.1, 0.15) is 0 Å². The summed E-state index contributed by atoms with van der Waals surface area (Å²) >= 11 is 1.98. The molecular formula is C52H36N2S. The first-order valence-electron chi connectivity index (χ1n) is 19.0. The zero-order valence-electron chi connectivity index (χ0n) is 30.1. The van der Waals surface area contributed by atoms with E-state index in [1.165, 1.54) is 93.3 Å². The van der Waals surface area contributed by atoms with Crippen LogP contribution in [0.25, 0.3) is 82.1 Å². The van der Waals surface area contributed by atoms with E-state index in [9.17, 15) is 0 Å². The Morgan fingerprint density at radius 1 is 0.364 bits per heavy atom. The molecule has 0 aliphatic carbocycles. The highest BCUT2D eigenvalue weighted by atomic mass is 32.2. The molecule has 260 valence electrons. The van der Waals surface area contributed by atoms with Gasteiger partial charge in [0.25, 0.3) is 0 Å². The van der Waals surface area contributed by atoms with Gasteiger partial charge in [0.05, 0.1) is 22.1 Å². The Labute approximate surface area is 324 Å². The molecule has 1 aliphatic heterocycles.